The first-order valence-corrected chi connectivity index (χ1v) is 6.46. The van der Waals surface area contributed by atoms with E-state index in [0.29, 0.717) is 6.04 Å². The maximum absolute atomic E-state index is 3.64. The van der Waals surface area contributed by atoms with E-state index in [2.05, 4.69) is 65.2 Å². The molecule has 0 radical (unpaired) electrons. The first-order chi connectivity index (χ1) is 7.54. The fourth-order valence-corrected chi connectivity index (χ4v) is 2.04. The van der Waals surface area contributed by atoms with Crippen LogP contribution >= 0.6 is 15.9 Å². The highest BCUT2D eigenvalue weighted by Gasteiger charge is 2.07. The molecule has 0 bridgehead atoms. The van der Waals surface area contributed by atoms with Crippen LogP contribution in [0.25, 0.3) is 0 Å². The van der Waals surface area contributed by atoms with Crippen LogP contribution in [0.3, 0.4) is 0 Å². The van der Waals surface area contributed by atoms with Gasteiger partial charge in [0.1, 0.15) is 0 Å². The summed E-state index contributed by atoms with van der Waals surface area (Å²) in [6, 6.07) is 7.16. The van der Waals surface area contributed by atoms with Crippen molar-refractivity contribution in [2.75, 3.05) is 14.1 Å². The van der Waals surface area contributed by atoms with E-state index in [1.165, 1.54) is 15.6 Å². The zero-order valence-corrected chi connectivity index (χ0v) is 12.1. The SMILES string of the molecule is CNCc1ccc(CN(C)C(C)C)c(Br)c1. The van der Waals surface area contributed by atoms with Gasteiger partial charge in [-0.25, -0.2) is 0 Å². The molecule has 1 aromatic rings. The largest absolute Gasteiger partial charge is 0.316 e. The molecule has 0 unspecified atom stereocenters. The molecule has 0 aliphatic heterocycles. The summed E-state index contributed by atoms with van der Waals surface area (Å²) < 4.78 is 1.20. The monoisotopic (exact) mass is 284 g/mol. The standard InChI is InChI=1S/C13H21BrN2/c1-10(2)16(4)9-12-6-5-11(8-15-3)7-13(12)14/h5-7,10,15H,8-9H2,1-4H3. The lowest BCUT2D eigenvalue weighted by Gasteiger charge is -2.21. The van der Waals surface area contributed by atoms with Gasteiger partial charge in [0, 0.05) is 23.6 Å². The minimum atomic E-state index is 0.573. The van der Waals surface area contributed by atoms with E-state index in [1.807, 2.05) is 7.05 Å². The number of nitrogens with one attached hydrogen (secondary N) is 1. The topological polar surface area (TPSA) is 15.3 Å². The molecule has 3 heteroatoms. The molecule has 0 aliphatic rings. The molecule has 0 fully saturated rings. The smallest absolute Gasteiger partial charge is 0.0244 e. The second-order valence-corrected chi connectivity index (χ2v) is 5.32. The molecule has 0 aromatic heterocycles. The summed E-state index contributed by atoms with van der Waals surface area (Å²) in [7, 11) is 4.12. The Morgan fingerprint density at radius 1 is 1.38 bits per heavy atom. The molecule has 2 nitrogen and oxygen atoms in total. The molecule has 16 heavy (non-hydrogen) atoms. The van der Waals surface area contributed by atoms with E-state index in [-0.39, 0.29) is 0 Å². The summed E-state index contributed by atoms with van der Waals surface area (Å²) in [5.74, 6) is 0. The van der Waals surface area contributed by atoms with Crippen LogP contribution in [0.4, 0.5) is 0 Å². The van der Waals surface area contributed by atoms with Crippen LogP contribution in [0.2, 0.25) is 0 Å². The molecule has 0 saturated carbocycles. The van der Waals surface area contributed by atoms with E-state index in [0.717, 1.165) is 13.1 Å². The fraction of sp³-hybridized carbons (Fsp3) is 0.538. The Bertz CT molecular complexity index is 337. The molecule has 0 atom stereocenters. The van der Waals surface area contributed by atoms with Gasteiger partial charge < -0.3 is 5.32 Å². The number of nitrogens with zero attached hydrogens (tertiary/aromatic N) is 1. The first-order valence-electron chi connectivity index (χ1n) is 5.66. The van der Waals surface area contributed by atoms with Crippen molar-refractivity contribution in [3.05, 3.63) is 33.8 Å². The van der Waals surface area contributed by atoms with E-state index in [9.17, 15) is 0 Å². The molecule has 0 saturated heterocycles. The summed E-state index contributed by atoms with van der Waals surface area (Å²) >= 11 is 3.64. The van der Waals surface area contributed by atoms with E-state index in [1.54, 1.807) is 0 Å². The molecule has 0 spiro atoms. The van der Waals surface area contributed by atoms with Crippen molar-refractivity contribution in [1.29, 1.82) is 0 Å². The maximum atomic E-state index is 3.64. The van der Waals surface area contributed by atoms with Crippen LogP contribution in [0.5, 0.6) is 0 Å². The average molecular weight is 285 g/mol. The number of benzene rings is 1. The average Bonchev–Trinajstić information content (AvgIpc) is 2.22. The highest BCUT2D eigenvalue weighted by Crippen LogP contribution is 2.20. The van der Waals surface area contributed by atoms with Gasteiger partial charge in [-0.2, -0.15) is 0 Å². The Morgan fingerprint density at radius 2 is 2.06 bits per heavy atom. The molecular formula is C13H21BrN2. The van der Waals surface area contributed by atoms with Crippen LogP contribution in [0.15, 0.2) is 22.7 Å². The molecule has 0 aliphatic carbocycles. The van der Waals surface area contributed by atoms with Gasteiger partial charge in [0.25, 0.3) is 0 Å². The van der Waals surface area contributed by atoms with E-state index >= 15 is 0 Å². The number of halogens is 1. The second-order valence-electron chi connectivity index (χ2n) is 4.46. The third-order valence-electron chi connectivity index (χ3n) is 2.80. The van der Waals surface area contributed by atoms with Gasteiger partial charge in [0.15, 0.2) is 0 Å². The molecule has 0 amide bonds. The van der Waals surface area contributed by atoms with E-state index < -0.39 is 0 Å². The van der Waals surface area contributed by atoms with Gasteiger partial charge in [0.2, 0.25) is 0 Å². The maximum Gasteiger partial charge on any atom is 0.0244 e. The van der Waals surface area contributed by atoms with Crippen molar-refractivity contribution >= 4 is 15.9 Å². The van der Waals surface area contributed by atoms with Crippen LogP contribution in [-0.2, 0) is 13.1 Å². The highest BCUT2D eigenvalue weighted by molar-refractivity contribution is 9.10. The number of hydrogen-bond acceptors (Lipinski definition) is 2. The van der Waals surface area contributed by atoms with Crippen molar-refractivity contribution in [2.24, 2.45) is 0 Å². The van der Waals surface area contributed by atoms with Crippen molar-refractivity contribution in [1.82, 2.24) is 10.2 Å². The van der Waals surface area contributed by atoms with E-state index in [4.69, 9.17) is 0 Å². The fourth-order valence-electron chi connectivity index (χ4n) is 1.48. The molecule has 0 heterocycles. The van der Waals surface area contributed by atoms with Crippen molar-refractivity contribution in [3.8, 4) is 0 Å². The quantitative estimate of drug-likeness (QED) is 0.894. The Hall–Kier alpha value is -0.380. The Labute approximate surface area is 107 Å². The highest BCUT2D eigenvalue weighted by atomic mass is 79.9. The number of rotatable bonds is 5. The van der Waals surface area contributed by atoms with Gasteiger partial charge in [-0.15, -0.1) is 0 Å². The lowest BCUT2D eigenvalue weighted by molar-refractivity contribution is 0.265. The summed E-state index contributed by atoms with van der Waals surface area (Å²) in [6.07, 6.45) is 0. The van der Waals surface area contributed by atoms with Crippen LogP contribution < -0.4 is 5.32 Å². The molecule has 1 N–H and O–H groups in total. The lowest BCUT2D eigenvalue weighted by atomic mass is 10.1. The van der Waals surface area contributed by atoms with Crippen LogP contribution in [0, 0.1) is 0 Å². The number of hydrogen-bond donors (Lipinski definition) is 1. The zero-order valence-electron chi connectivity index (χ0n) is 10.5. The van der Waals surface area contributed by atoms with Gasteiger partial charge in [-0.3, -0.25) is 4.90 Å². The third kappa shape index (κ3) is 3.89. The zero-order chi connectivity index (χ0) is 12.1. The molecular weight excluding hydrogens is 264 g/mol. The first kappa shape index (κ1) is 13.7. The summed E-state index contributed by atoms with van der Waals surface area (Å²) in [6.45, 7) is 6.32. The normalized spacial score (nSPS) is 11.4. The van der Waals surface area contributed by atoms with Gasteiger partial charge in [-0.05, 0) is 45.1 Å². The van der Waals surface area contributed by atoms with Crippen molar-refractivity contribution in [3.63, 3.8) is 0 Å². The minimum absolute atomic E-state index is 0.573. The van der Waals surface area contributed by atoms with Gasteiger partial charge >= 0.3 is 0 Å². The lowest BCUT2D eigenvalue weighted by Crippen LogP contribution is -2.25. The predicted octanol–water partition coefficient (Wildman–Crippen LogP) is 3.01. The summed E-state index contributed by atoms with van der Waals surface area (Å²) in [4.78, 5) is 2.33. The van der Waals surface area contributed by atoms with Gasteiger partial charge in [0.05, 0.1) is 0 Å². The van der Waals surface area contributed by atoms with Gasteiger partial charge in [-0.1, -0.05) is 28.1 Å². The van der Waals surface area contributed by atoms with Crippen molar-refractivity contribution in [2.45, 2.75) is 33.0 Å². The summed E-state index contributed by atoms with van der Waals surface area (Å²) in [5.41, 5.74) is 2.65. The van der Waals surface area contributed by atoms with Crippen molar-refractivity contribution < 1.29 is 0 Å². The summed E-state index contributed by atoms with van der Waals surface area (Å²) in [5, 5.41) is 3.16. The van der Waals surface area contributed by atoms with Crippen LogP contribution in [0.1, 0.15) is 25.0 Å². The Morgan fingerprint density at radius 3 is 2.56 bits per heavy atom. The molecule has 1 rings (SSSR count). The molecule has 1 aromatic carbocycles. The Balaban J connectivity index is 2.75. The predicted molar refractivity (Wildman–Crippen MR) is 73.5 cm³/mol. The minimum Gasteiger partial charge on any atom is -0.316 e. The Kier molecular flexibility index (Phi) is 5.46. The third-order valence-corrected chi connectivity index (χ3v) is 3.54. The second kappa shape index (κ2) is 6.38. The van der Waals surface area contributed by atoms with Crippen LogP contribution in [-0.4, -0.2) is 25.0 Å². The molecule has 90 valence electrons.